The van der Waals surface area contributed by atoms with Gasteiger partial charge in [0.05, 0.1) is 25.5 Å². The Kier molecular flexibility index (Phi) is 6.42. The number of nitrogens with one attached hydrogen (secondary N) is 2. The molecule has 1 aliphatic carbocycles. The minimum Gasteiger partial charge on any atom is -0.497 e. The Balaban J connectivity index is 1.41. The number of aryl methyl sites for hydroxylation is 3. The average molecular weight is 396 g/mol. The molecule has 0 heterocycles. The highest BCUT2D eigenvalue weighted by atomic mass is 16.5. The van der Waals surface area contributed by atoms with Crippen LogP contribution in [0.25, 0.3) is 0 Å². The zero-order chi connectivity index (χ0) is 21.0. The first-order valence-corrected chi connectivity index (χ1v) is 9.82. The van der Waals surface area contributed by atoms with E-state index in [1.807, 2.05) is 57.2 Å². The quantitative estimate of drug-likeness (QED) is 0.671. The van der Waals surface area contributed by atoms with E-state index in [0.717, 1.165) is 22.6 Å². The van der Waals surface area contributed by atoms with E-state index in [0.29, 0.717) is 25.3 Å². The first-order chi connectivity index (χ1) is 13.9. The highest BCUT2D eigenvalue weighted by Gasteiger charge is 2.48. The van der Waals surface area contributed by atoms with Crippen molar-refractivity contribution in [3.8, 4) is 11.5 Å². The second-order valence-electron chi connectivity index (χ2n) is 7.53. The van der Waals surface area contributed by atoms with Crippen LogP contribution in [0.3, 0.4) is 0 Å². The van der Waals surface area contributed by atoms with Gasteiger partial charge < -0.3 is 20.1 Å². The second-order valence-corrected chi connectivity index (χ2v) is 7.53. The molecule has 1 saturated carbocycles. The first kappa shape index (κ1) is 20.7. The molecule has 3 rings (SSSR count). The van der Waals surface area contributed by atoms with E-state index in [4.69, 9.17) is 9.47 Å². The fraction of sp³-hybridized carbons (Fsp3) is 0.391. The van der Waals surface area contributed by atoms with Gasteiger partial charge in [-0.25, -0.2) is 0 Å². The van der Waals surface area contributed by atoms with E-state index in [1.54, 1.807) is 7.11 Å². The van der Waals surface area contributed by atoms with Gasteiger partial charge in [0.15, 0.2) is 0 Å². The van der Waals surface area contributed by atoms with Crippen LogP contribution < -0.4 is 20.1 Å². The molecule has 0 saturated heterocycles. The highest BCUT2D eigenvalue weighted by Crippen LogP contribution is 2.40. The first-order valence-electron chi connectivity index (χ1n) is 9.82. The molecular weight excluding hydrogens is 368 g/mol. The van der Waals surface area contributed by atoms with Crippen LogP contribution in [0.4, 0.5) is 5.69 Å². The smallest absolute Gasteiger partial charge is 0.228 e. The summed E-state index contributed by atoms with van der Waals surface area (Å²) in [5.41, 5.74) is 4.08. The molecule has 0 aromatic heterocycles. The largest absolute Gasteiger partial charge is 0.497 e. The zero-order valence-corrected chi connectivity index (χ0v) is 17.4. The molecule has 6 nitrogen and oxygen atoms in total. The van der Waals surface area contributed by atoms with Crippen molar-refractivity contribution in [2.24, 2.45) is 11.8 Å². The maximum Gasteiger partial charge on any atom is 0.228 e. The molecule has 0 radical (unpaired) electrons. The molecule has 2 atom stereocenters. The molecular formula is C23H28N2O4. The monoisotopic (exact) mass is 396 g/mol. The molecule has 2 unspecified atom stereocenters. The van der Waals surface area contributed by atoms with Crippen molar-refractivity contribution in [2.45, 2.75) is 27.2 Å². The molecule has 0 bridgehead atoms. The van der Waals surface area contributed by atoms with Crippen LogP contribution in [0.5, 0.6) is 11.5 Å². The number of hydrogen-bond acceptors (Lipinski definition) is 4. The number of amides is 2. The van der Waals surface area contributed by atoms with Crippen LogP contribution in [-0.4, -0.2) is 32.1 Å². The minimum absolute atomic E-state index is 0.0883. The van der Waals surface area contributed by atoms with Crippen molar-refractivity contribution in [3.05, 3.63) is 53.1 Å². The van der Waals surface area contributed by atoms with E-state index >= 15 is 0 Å². The topological polar surface area (TPSA) is 76.7 Å². The molecule has 2 amide bonds. The Morgan fingerprint density at radius 1 is 0.966 bits per heavy atom. The number of carbonyl (C=O) groups excluding carboxylic acids is 2. The van der Waals surface area contributed by atoms with Crippen LogP contribution in [0.1, 0.15) is 23.1 Å². The summed E-state index contributed by atoms with van der Waals surface area (Å²) in [4.78, 5) is 24.8. The molecule has 0 aliphatic heterocycles. The second kappa shape index (κ2) is 8.99. The third kappa shape index (κ3) is 5.28. The van der Waals surface area contributed by atoms with Crippen LogP contribution in [0, 0.1) is 32.6 Å². The average Bonchev–Trinajstić information content (AvgIpc) is 3.49. The van der Waals surface area contributed by atoms with Gasteiger partial charge in [-0.2, -0.15) is 0 Å². The lowest BCUT2D eigenvalue weighted by molar-refractivity contribution is -0.125. The van der Waals surface area contributed by atoms with Gasteiger partial charge in [0.2, 0.25) is 11.8 Å². The summed E-state index contributed by atoms with van der Waals surface area (Å²) in [5.74, 6) is 0.766. The molecule has 29 heavy (non-hydrogen) atoms. The number of carbonyl (C=O) groups is 2. The van der Waals surface area contributed by atoms with Crippen molar-refractivity contribution >= 4 is 17.5 Å². The maximum atomic E-state index is 12.5. The molecule has 1 aliphatic rings. The van der Waals surface area contributed by atoms with Crippen molar-refractivity contribution in [3.63, 3.8) is 0 Å². The summed E-state index contributed by atoms with van der Waals surface area (Å²) in [6.07, 6.45) is 0.584. The fourth-order valence-corrected chi connectivity index (χ4v) is 3.51. The van der Waals surface area contributed by atoms with Crippen molar-refractivity contribution < 1.29 is 19.1 Å². The van der Waals surface area contributed by atoms with E-state index in [2.05, 4.69) is 10.6 Å². The van der Waals surface area contributed by atoms with Gasteiger partial charge in [0.25, 0.3) is 0 Å². The third-order valence-corrected chi connectivity index (χ3v) is 5.12. The third-order valence-electron chi connectivity index (χ3n) is 5.12. The number of rotatable bonds is 8. The zero-order valence-electron chi connectivity index (χ0n) is 17.4. The summed E-state index contributed by atoms with van der Waals surface area (Å²) < 4.78 is 10.7. The fourth-order valence-electron chi connectivity index (χ4n) is 3.51. The Labute approximate surface area is 171 Å². The molecule has 2 N–H and O–H groups in total. The standard InChI is InChI=1S/C23H28N2O4/c1-14-11-15(2)21(16(3)12-14)25-23(27)20-13-19(20)22(26)24-9-10-29-18-7-5-17(28-4)6-8-18/h5-8,11-12,19-20H,9-10,13H2,1-4H3,(H,24,26)(H,25,27). The van der Waals surface area contributed by atoms with Gasteiger partial charge in [-0.3, -0.25) is 9.59 Å². The Morgan fingerprint density at radius 3 is 2.17 bits per heavy atom. The van der Waals surface area contributed by atoms with E-state index in [-0.39, 0.29) is 23.7 Å². The lowest BCUT2D eigenvalue weighted by atomic mass is 10.0. The van der Waals surface area contributed by atoms with Crippen LogP contribution in [-0.2, 0) is 9.59 Å². The predicted molar refractivity (Wildman–Crippen MR) is 112 cm³/mol. The van der Waals surface area contributed by atoms with Crippen LogP contribution in [0.2, 0.25) is 0 Å². The van der Waals surface area contributed by atoms with Crippen molar-refractivity contribution in [2.75, 3.05) is 25.6 Å². The van der Waals surface area contributed by atoms with Gasteiger partial charge >= 0.3 is 0 Å². The summed E-state index contributed by atoms with van der Waals surface area (Å²) in [7, 11) is 1.61. The Bertz CT molecular complexity index is 869. The summed E-state index contributed by atoms with van der Waals surface area (Å²) in [6.45, 7) is 6.76. The van der Waals surface area contributed by atoms with Crippen molar-refractivity contribution in [1.29, 1.82) is 0 Å². The molecule has 2 aromatic carbocycles. The summed E-state index contributed by atoms with van der Waals surface area (Å²) >= 11 is 0. The minimum atomic E-state index is -0.266. The Morgan fingerprint density at radius 2 is 1.55 bits per heavy atom. The summed E-state index contributed by atoms with van der Waals surface area (Å²) in [6, 6.07) is 11.4. The number of methoxy groups -OCH3 is 1. The SMILES string of the molecule is COc1ccc(OCCNC(=O)C2CC2C(=O)Nc2c(C)cc(C)cc2C)cc1. The normalized spacial score (nSPS) is 17.4. The maximum absolute atomic E-state index is 12.5. The molecule has 2 aromatic rings. The number of hydrogen-bond donors (Lipinski definition) is 2. The molecule has 0 spiro atoms. The van der Waals surface area contributed by atoms with Crippen LogP contribution in [0.15, 0.2) is 36.4 Å². The van der Waals surface area contributed by atoms with E-state index < -0.39 is 0 Å². The number of ether oxygens (including phenoxy) is 2. The highest BCUT2D eigenvalue weighted by molar-refractivity contribution is 6.00. The van der Waals surface area contributed by atoms with Crippen molar-refractivity contribution in [1.82, 2.24) is 5.32 Å². The number of anilines is 1. The van der Waals surface area contributed by atoms with Gasteiger partial charge in [-0.15, -0.1) is 0 Å². The van der Waals surface area contributed by atoms with Gasteiger partial charge in [-0.05, 0) is 62.6 Å². The molecule has 6 heteroatoms. The summed E-state index contributed by atoms with van der Waals surface area (Å²) in [5, 5.41) is 5.84. The molecule has 1 fully saturated rings. The Hall–Kier alpha value is -3.02. The van der Waals surface area contributed by atoms with Crippen LogP contribution >= 0.6 is 0 Å². The molecule has 154 valence electrons. The van der Waals surface area contributed by atoms with Gasteiger partial charge in [0, 0.05) is 5.69 Å². The van der Waals surface area contributed by atoms with E-state index in [9.17, 15) is 9.59 Å². The van der Waals surface area contributed by atoms with Gasteiger partial charge in [-0.1, -0.05) is 17.7 Å². The lowest BCUT2D eigenvalue weighted by Gasteiger charge is -2.13. The number of benzene rings is 2. The lowest BCUT2D eigenvalue weighted by Crippen LogP contribution is -2.31. The van der Waals surface area contributed by atoms with E-state index in [1.165, 1.54) is 5.56 Å². The predicted octanol–water partition coefficient (Wildman–Crippen LogP) is 3.39. The van der Waals surface area contributed by atoms with Gasteiger partial charge in [0.1, 0.15) is 18.1 Å².